The van der Waals surface area contributed by atoms with Crippen molar-refractivity contribution in [2.75, 3.05) is 7.11 Å². The topological polar surface area (TPSA) is 73.7 Å². The molecule has 0 amide bonds. The number of oxazole rings is 2. The van der Waals surface area contributed by atoms with Gasteiger partial charge < -0.3 is 13.6 Å². The molecule has 17 heavy (non-hydrogen) atoms. The van der Waals surface area contributed by atoms with Gasteiger partial charge in [0.25, 0.3) is 11.8 Å². The summed E-state index contributed by atoms with van der Waals surface area (Å²) in [6.07, 6.45) is 1.49. The van der Waals surface area contributed by atoms with Crippen molar-refractivity contribution in [1.29, 1.82) is 0 Å². The van der Waals surface area contributed by atoms with Crippen molar-refractivity contribution >= 4 is 23.3 Å². The largest absolute Gasteiger partial charge is 0.443 e. The lowest BCUT2D eigenvalue weighted by atomic mass is 10.4. The molecule has 0 aliphatic heterocycles. The number of nitrogens with zero attached hydrogens (tertiary/aromatic N) is 3. The van der Waals surface area contributed by atoms with Crippen LogP contribution in [-0.2, 0) is 11.3 Å². The van der Waals surface area contributed by atoms with Gasteiger partial charge in [0, 0.05) is 14.0 Å². The zero-order valence-electron chi connectivity index (χ0n) is 9.26. The fourth-order valence-corrected chi connectivity index (χ4v) is 1.39. The van der Waals surface area contributed by atoms with E-state index in [2.05, 4.69) is 32.3 Å². The van der Waals surface area contributed by atoms with Crippen LogP contribution in [0.5, 0.6) is 0 Å². The number of methoxy groups -OCH3 is 1. The lowest BCUT2D eigenvalue weighted by molar-refractivity contribution is 0.181. The van der Waals surface area contributed by atoms with Crippen molar-refractivity contribution in [3.05, 3.63) is 17.8 Å². The third kappa shape index (κ3) is 2.47. The second-order valence-corrected chi connectivity index (χ2v) is 3.35. The van der Waals surface area contributed by atoms with Gasteiger partial charge in [-0.1, -0.05) is 0 Å². The minimum atomic E-state index is 0.239. The molecule has 0 bridgehead atoms. The number of rotatable bonds is 4. The molecule has 0 saturated heterocycles. The highest BCUT2D eigenvalue weighted by Crippen LogP contribution is 2.29. The Hall–Kier alpha value is -1.82. The van der Waals surface area contributed by atoms with E-state index in [1.165, 1.54) is 6.26 Å². The number of hydrogen-bond donors (Lipinski definition) is 0. The van der Waals surface area contributed by atoms with Crippen molar-refractivity contribution in [2.45, 2.75) is 13.5 Å². The van der Waals surface area contributed by atoms with Crippen LogP contribution in [0.4, 0.5) is 5.88 Å². The molecular weight excluding hydrogens is 242 g/mol. The van der Waals surface area contributed by atoms with E-state index in [4.69, 9.17) is 13.6 Å². The number of aliphatic imine (C=N–C) groups is 1. The summed E-state index contributed by atoms with van der Waals surface area (Å²) in [5.74, 6) is 1.01. The first-order valence-electron chi connectivity index (χ1n) is 4.73. The van der Waals surface area contributed by atoms with Gasteiger partial charge in [-0.05, 0) is 12.2 Å². The standard InChI is InChI=1S/C10H9N3O3S/c1-6-12-8(9(16-6)11-5-17)10-13-7(3-14-2)4-15-10/h4H,3H2,1-2H3. The van der Waals surface area contributed by atoms with Gasteiger partial charge in [-0.2, -0.15) is 4.99 Å². The molecule has 2 aromatic rings. The van der Waals surface area contributed by atoms with Gasteiger partial charge in [-0.25, -0.2) is 9.97 Å². The Labute approximate surface area is 102 Å². The third-order valence-electron chi connectivity index (χ3n) is 1.91. The molecule has 2 rings (SSSR count). The normalized spacial score (nSPS) is 10.2. The Morgan fingerprint density at radius 2 is 2.35 bits per heavy atom. The summed E-state index contributed by atoms with van der Waals surface area (Å²) >= 11 is 4.52. The predicted octanol–water partition coefficient (Wildman–Crippen LogP) is 2.52. The van der Waals surface area contributed by atoms with Crippen molar-refractivity contribution in [1.82, 2.24) is 9.97 Å². The summed E-state index contributed by atoms with van der Waals surface area (Å²) in [7, 11) is 1.58. The molecule has 2 aromatic heterocycles. The van der Waals surface area contributed by atoms with Crippen LogP contribution in [0.15, 0.2) is 20.1 Å². The zero-order chi connectivity index (χ0) is 12.3. The van der Waals surface area contributed by atoms with E-state index in [0.29, 0.717) is 29.8 Å². The second kappa shape index (κ2) is 5.01. The first-order valence-corrected chi connectivity index (χ1v) is 5.14. The molecule has 2 heterocycles. The Kier molecular flexibility index (Phi) is 3.43. The van der Waals surface area contributed by atoms with Crippen LogP contribution in [0.2, 0.25) is 0 Å². The van der Waals surface area contributed by atoms with Crippen molar-refractivity contribution in [3.8, 4) is 11.6 Å². The summed E-state index contributed by atoms with van der Waals surface area (Å²) in [4.78, 5) is 12.1. The summed E-state index contributed by atoms with van der Waals surface area (Å²) in [5.41, 5.74) is 1.07. The molecule has 0 atom stereocenters. The number of aromatic nitrogens is 2. The van der Waals surface area contributed by atoms with Gasteiger partial charge in [0.05, 0.1) is 11.8 Å². The van der Waals surface area contributed by atoms with E-state index in [9.17, 15) is 0 Å². The van der Waals surface area contributed by atoms with Crippen molar-refractivity contribution in [3.63, 3.8) is 0 Å². The number of thiocarbonyl (C=S) groups is 1. The summed E-state index contributed by atoms with van der Waals surface area (Å²) in [6, 6.07) is 0. The highest BCUT2D eigenvalue weighted by molar-refractivity contribution is 7.78. The molecule has 7 heteroatoms. The molecule has 0 unspecified atom stereocenters. The zero-order valence-corrected chi connectivity index (χ0v) is 10.1. The van der Waals surface area contributed by atoms with Crippen LogP contribution in [0.25, 0.3) is 11.6 Å². The first kappa shape index (κ1) is 11.7. The maximum absolute atomic E-state index is 5.27. The molecular formula is C10H9N3O3S. The molecule has 88 valence electrons. The number of isothiocyanates is 1. The fraction of sp³-hybridized carbons (Fsp3) is 0.300. The van der Waals surface area contributed by atoms with Gasteiger partial charge >= 0.3 is 0 Å². The van der Waals surface area contributed by atoms with Gasteiger partial charge in [0.15, 0.2) is 11.6 Å². The Morgan fingerprint density at radius 3 is 3.06 bits per heavy atom. The average molecular weight is 251 g/mol. The number of ether oxygens (including phenoxy) is 1. The Morgan fingerprint density at radius 1 is 1.53 bits per heavy atom. The number of hydrogen-bond acceptors (Lipinski definition) is 7. The van der Waals surface area contributed by atoms with Crippen LogP contribution >= 0.6 is 12.2 Å². The molecule has 0 aliphatic rings. The van der Waals surface area contributed by atoms with E-state index in [1.807, 2.05) is 0 Å². The lowest BCUT2D eigenvalue weighted by Crippen LogP contribution is -1.87. The molecule has 0 saturated carbocycles. The summed E-state index contributed by atoms with van der Waals surface area (Å²) in [6.45, 7) is 2.07. The second-order valence-electron chi connectivity index (χ2n) is 3.17. The fourth-order valence-electron chi connectivity index (χ4n) is 1.30. The summed E-state index contributed by atoms with van der Waals surface area (Å²) in [5, 5.41) is 2.22. The predicted molar refractivity (Wildman–Crippen MR) is 62.1 cm³/mol. The quantitative estimate of drug-likeness (QED) is 0.614. The van der Waals surface area contributed by atoms with Crippen LogP contribution in [0, 0.1) is 6.92 Å². The Bertz CT molecular complexity index is 569. The van der Waals surface area contributed by atoms with Gasteiger partial charge in [0.1, 0.15) is 12.0 Å². The van der Waals surface area contributed by atoms with Crippen LogP contribution < -0.4 is 0 Å². The molecule has 0 N–H and O–H groups in total. The monoisotopic (exact) mass is 251 g/mol. The van der Waals surface area contributed by atoms with Crippen LogP contribution in [0.1, 0.15) is 11.6 Å². The SMILES string of the molecule is COCc1coc(-c2nc(C)oc2N=C=S)n1. The van der Waals surface area contributed by atoms with Crippen LogP contribution in [0.3, 0.4) is 0 Å². The van der Waals surface area contributed by atoms with E-state index < -0.39 is 0 Å². The summed E-state index contributed by atoms with van der Waals surface area (Å²) < 4.78 is 15.4. The third-order valence-corrected chi connectivity index (χ3v) is 2.00. The highest BCUT2D eigenvalue weighted by atomic mass is 32.1. The van der Waals surface area contributed by atoms with Crippen molar-refractivity contribution in [2.24, 2.45) is 4.99 Å². The Balaban J connectivity index is 2.40. The first-order chi connectivity index (χ1) is 8.24. The number of aryl methyl sites for hydroxylation is 1. The maximum atomic E-state index is 5.27. The van der Waals surface area contributed by atoms with Gasteiger partial charge in [-0.15, -0.1) is 0 Å². The van der Waals surface area contributed by atoms with E-state index in [0.717, 1.165) is 0 Å². The van der Waals surface area contributed by atoms with Crippen LogP contribution in [-0.4, -0.2) is 22.2 Å². The molecule has 6 nitrogen and oxygen atoms in total. The molecule has 0 aliphatic carbocycles. The van der Waals surface area contributed by atoms with E-state index >= 15 is 0 Å². The van der Waals surface area contributed by atoms with E-state index in [-0.39, 0.29) is 5.88 Å². The maximum Gasteiger partial charge on any atom is 0.261 e. The van der Waals surface area contributed by atoms with Crippen molar-refractivity contribution < 1.29 is 13.6 Å². The molecule has 0 fully saturated rings. The van der Waals surface area contributed by atoms with Gasteiger partial charge in [0.2, 0.25) is 0 Å². The minimum Gasteiger partial charge on any atom is -0.443 e. The minimum absolute atomic E-state index is 0.239. The van der Waals surface area contributed by atoms with Gasteiger partial charge in [-0.3, -0.25) is 0 Å². The smallest absolute Gasteiger partial charge is 0.261 e. The molecule has 0 aromatic carbocycles. The average Bonchev–Trinajstić information content (AvgIpc) is 2.87. The molecule has 0 radical (unpaired) electrons. The van der Waals surface area contributed by atoms with E-state index in [1.54, 1.807) is 14.0 Å². The molecule has 0 spiro atoms. The highest BCUT2D eigenvalue weighted by Gasteiger charge is 2.17. The lowest BCUT2D eigenvalue weighted by Gasteiger charge is -1.89.